The molecule has 0 saturated heterocycles. The third-order valence-electron chi connectivity index (χ3n) is 3.86. The van der Waals surface area contributed by atoms with E-state index in [4.69, 9.17) is 0 Å². The number of Topliss-reactive ketones (excluding diaryl/α,β-unsaturated/α-hetero) is 1. The van der Waals surface area contributed by atoms with Gasteiger partial charge in [-0.2, -0.15) is 5.26 Å². The van der Waals surface area contributed by atoms with Gasteiger partial charge >= 0.3 is 0 Å². The van der Waals surface area contributed by atoms with E-state index >= 15 is 0 Å². The van der Waals surface area contributed by atoms with E-state index in [1.165, 1.54) is 6.20 Å². The van der Waals surface area contributed by atoms with Gasteiger partial charge in [0, 0.05) is 0 Å². The number of aryl methyl sites for hydroxylation is 1. The van der Waals surface area contributed by atoms with Gasteiger partial charge in [0.05, 0.1) is 23.3 Å². The van der Waals surface area contributed by atoms with Gasteiger partial charge < -0.3 is 5.11 Å². The van der Waals surface area contributed by atoms with Gasteiger partial charge in [0.1, 0.15) is 17.7 Å². The second kappa shape index (κ2) is 6.57. The summed E-state index contributed by atoms with van der Waals surface area (Å²) in [7, 11) is 0. The minimum Gasteiger partial charge on any atom is -0.387 e. The third kappa shape index (κ3) is 3.00. The number of aliphatic hydroxyl groups is 1. The molecular weight excluding hydrogens is 302 g/mol. The molecule has 1 aromatic heterocycles. The molecule has 3 aromatic rings. The normalized spacial score (nSPS) is 13.2. The second-order valence-electron chi connectivity index (χ2n) is 5.57. The fourth-order valence-corrected chi connectivity index (χ4v) is 2.46. The second-order valence-corrected chi connectivity index (χ2v) is 5.57. The molecule has 2 atom stereocenters. The van der Waals surface area contributed by atoms with Crippen LogP contribution in [0.15, 0.2) is 54.7 Å². The first-order chi connectivity index (χ1) is 11.6. The Labute approximate surface area is 139 Å². The van der Waals surface area contributed by atoms with E-state index in [0.29, 0.717) is 16.6 Å². The van der Waals surface area contributed by atoms with Gasteiger partial charge in [-0.3, -0.25) is 9.78 Å². The lowest BCUT2D eigenvalue weighted by Crippen LogP contribution is -2.22. The minimum absolute atomic E-state index is 0.0754. The molecule has 0 saturated carbocycles. The van der Waals surface area contributed by atoms with Crippen molar-refractivity contribution in [3.8, 4) is 6.07 Å². The molecule has 2 aromatic carbocycles. The molecule has 0 bridgehead atoms. The lowest BCUT2D eigenvalue weighted by atomic mass is 9.91. The quantitative estimate of drug-likeness (QED) is 0.747. The molecule has 2 unspecified atom stereocenters. The van der Waals surface area contributed by atoms with Crippen LogP contribution >= 0.6 is 0 Å². The molecule has 0 amide bonds. The Kier molecular flexibility index (Phi) is 4.32. The predicted octanol–water partition coefficient (Wildman–Crippen LogP) is 2.99. The summed E-state index contributed by atoms with van der Waals surface area (Å²) in [6, 6.07) is 16.1. The average Bonchev–Trinajstić information content (AvgIpc) is 2.62. The van der Waals surface area contributed by atoms with Crippen molar-refractivity contribution in [1.82, 2.24) is 9.97 Å². The van der Waals surface area contributed by atoms with E-state index < -0.39 is 17.8 Å². The first kappa shape index (κ1) is 15.8. The molecule has 24 heavy (non-hydrogen) atoms. The Morgan fingerprint density at radius 3 is 2.46 bits per heavy atom. The number of hydrogen-bond donors (Lipinski definition) is 1. The van der Waals surface area contributed by atoms with Crippen LogP contribution in [0.3, 0.4) is 0 Å². The number of benzene rings is 2. The number of fused-ring (bicyclic) bond motifs is 1. The monoisotopic (exact) mass is 317 g/mol. The Bertz CT molecular complexity index is 929. The van der Waals surface area contributed by atoms with E-state index in [0.717, 1.165) is 5.56 Å². The number of nitriles is 1. The molecule has 1 N–H and O–H groups in total. The molecule has 3 rings (SSSR count). The van der Waals surface area contributed by atoms with Gasteiger partial charge in [-0.15, -0.1) is 0 Å². The van der Waals surface area contributed by atoms with E-state index in [2.05, 4.69) is 9.97 Å². The van der Waals surface area contributed by atoms with Crippen LogP contribution in [0.5, 0.6) is 0 Å². The van der Waals surface area contributed by atoms with E-state index in [-0.39, 0.29) is 5.69 Å². The van der Waals surface area contributed by atoms with Gasteiger partial charge in [-0.05, 0) is 24.6 Å². The number of carbonyl (C=O) groups is 1. The van der Waals surface area contributed by atoms with Crippen molar-refractivity contribution < 1.29 is 9.90 Å². The molecule has 5 heteroatoms. The van der Waals surface area contributed by atoms with E-state index in [1.807, 2.05) is 31.2 Å². The standard InChI is InChI=1S/C19H15N3O2/c1-12-6-8-13(9-7-12)18(23)14(10-20)19(24)17-11-21-15-4-2-3-5-16(15)22-17/h2-9,11,14,18,23H,1H3. The number of aliphatic hydroxyl groups excluding tert-OH is 1. The summed E-state index contributed by atoms with van der Waals surface area (Å²) in [6.07, 6.45) is 0.132. The lowest BCUT2D eigenvalue weighted by Gasteiger charge is -2.16. The van der Waals surface area contributed by atoms with Crippen LogP contribution in [-0.2, 0) is 0 Å². The van der Waals surface area contributed by atoms with Gasteiger partial charge in [0.15, 0.2) is 0 Å². The highest BCUT2D eigenvalue weighted by Gasteiger charge is 2.30. The van der Waals surface area contributed by atoms with Gasteiger partial charge in [0.25, 0.3) is 0 Å². The van der Waals surface area contributed by atoms with Gasteiger partial charge in [-0.1, -0.05) is 42.0 Å². The maximum Gasteiger partial charge on any atom is 0.202 e. The summed E-state index contributed by atoms with van der Waals surface area (Å²) in [6.45, 7) is 1.92. The van der Waals surface area contributed by atoms with Gasteiger partial charge in [-0.25, -0.2) is 4.98 Å². The summed E-state index contributed by atoms with van der Waals surface area (Å²) < 4.78 is 0. The molecule has 1 heterocycles. The fourth-order valence-electron chi connectivity index (χ4n) is 2.46. The highest BCUT2D eigenvalue weighted by atomic mass is 16.3. The lowest BCUT2D eigenvalue weighted by molar-refractivity contribution is 0.0771. The Morgan fingerprint density at radius 1 is 1.12 bits per heavy atom. The van der Waals surface area contributed by atoms with Crippen molar-refractivity contribution in [2.75, 3.05) is 0 Å². The Balaban J connectivity index is 1.92. The first-order valence-electron chi connectivity index (χ1n) is 7.50. The Hall–Kier alpha value is -3.10. The van der Waals surface area contributed by atoms with Crippen molar-refractivity contribution in [2.24, 2.45) is 5.92 Å². The largest absolute Gasteiger partial charge is 0.387 e. The molecule has 118 valence electrons. The van der Waals surface area contributed by atoms with E-state index in [1.54, 1.807) is 30.3 Å². The number of para-hydroxylation sites is 2. The number of aromatic nitrogens is 2. The first-order valence-corrected chi connectivity index (χ1v) is 7.50. The topological polar surface area (TPSA) is 86.9 Å². The summed E-state index contributed by atoms with van der Waals surface area (Å²) in [5.41, 5.74) is 2.87. The molecule has 0 aliphatic heterocycles. The third-order valence-corrected chi connectivity index (χ3v) is 3.86. The SMILES string of the molecule is Cc1ccc(C(O)C(C#N)C(=O)c2cnc3ccccc3n2)cc1. The van der Waals surface area contributed by atoms with Crippen LogP contribution in [0, 0.1) is 24.2 Å². The highest BCUT2D eigenvalue weighted by Crippen LogP contribution is 2.25. The van der Waals surface area contributed by atoms with Crippen LogP contribution < -0.4 is 0 Å². The molecule has 0 fully saturated rings. The molecule has 5 nitrogen and oxygen atoms in total. The number of ketones is 1. The molecule has 0 aliphatic rings. The molecule has 0 spiro atoms. The predicted molar refractivity (Wildman–Crippen MR) is 89.1 cm³/mol. The molecule has 0 radical (unpaired) electrons. The number of carbonyl (C=O) groups excluding carboxylic acids is 1. The summed E-state index contributed by atoms with van der Waals surface area (Å²) >= 11 is 0. The number of rotatable bonds is 4. The smallest absolute Gasteiger partial charge is 0.202 e. The fraction of sp³-hybridized carbons (Fsp3) is 0.158. The highest BCUT2D eigenvalue weighted by molar-refractivity contribution is 5.99. The van der Waals surface area contributed by atoms with Gasteiger partial charge in [0.2, 0.25) is 5.78 Å². The number of hydrogen-bond acceptors (Lipinski definition) is 5. The summed E-state index contributed by atoms with van der Waals surface area (Å²) in [4.78, 5) is 21.1. The zero-order valence-electron chi connectivity index (χ0n) is 13.0. The average molecular weight is 317 g/mol. The maximum atomic E-state index is 12.6. The van der Waals surface area contributed by atoms with Crippen molar-refractivity contribution in [2.45, 2.75) is 13.0 Å². The van der Waals surface area contributed by atoms with Crippen molar-refractivity contribution >= 4 is 16.8 Å². The van der Waals surface area contributed by atoms with Crippen molar-refractivity contribution in [3.05, 3.63) is 71.5 Å². The maximum absolute atomic E-state index is 12.6. The minimum atomic E-state index is -1.23. The van der Waals surface area contributed by atoms with Crippen molar-refractivity contribution in [3.63, 3.8) is 0 Å². The number of nitrogens with zero attached hydrogens (tertiary/aromatic N) is 3. The summed E-state index contributed by atoms with van der Waals surface area (Å²) in [5, 5.41) is 19.8. The molecule has 0 aliphatic carbocycles. The van der Waals surface area contributed by atoms with Crippen LogP contribution in [0.1, 0.15) is 27.7 Å². The van der Waals surface area contributed by atoms with Crippen LogP contribution in [0.2, 0.25) is 0 Å². The van der Waals surface area contributed by atoms with Crippen LogP contribution in [0.4, 0.5) is 0 Å². The van der Waals surface area contributed by atoms with Crippen LogP contribution in [-0.4, -0.2) is 20.9 Å². The van der Waals surface area contributed by atoms with Crippen LogP contribution in [0.25, 0.3) is 11.0 Å². The zero-order chi connectivity index (χ0) is 17.1. The Morgan fingerprint density at radius 2 is 1.79 bits per heavy atom. The van der Waals surface area contributed by atoms with E-state index in [9.17, 15) is 15.2 Å². The zero-order valence-corrected chi connectivity index (χ0v) is 13.0. The molecular formula is C19H15N3O2. The summed E-state index contributed by atoms with van der Waals surface area (Å²) in [5.74, 6) is -1.77. The van der Waals surface area contributed by atoms with Crippen molar-refractivity contribution in [1.29, 1.82) is 5.26 Å².